The third kappa shape index (κ3) is 17.1. The number of carbonyl (C=O) groups is 1. The van der Waals surface area contributed by atoms with Crippen molar-refractivity contribution in [1.29, 1.82) is 0 Å². The van der Waals surface area contributed by atoms with Crippen molar-refractivity contribution in [2.75, 3.05) is 26.3 Å². The summed E-state index contributed by atoms with van der Waals surface area (Å²) in [7, 11) is 0. The van der Waals surface area contributed by atoms with Crippen LogP contribution in [0.4, 0.5) is 0 Å². The molecule has 0 aliphatic heterocycles. The molecule has 0 fully saturated rings. The van der Waals surface area contributed by atoms with Crippen molar-refractivity contribution in [3.8, 4) is 47.4 Å². The zero-order valence-corrected chi connectivity index (χ0v) is 17.1. The second-order valence-corrected chi connectivity index (χ2v) is 6.08. The molecule has 0 aliphatic carbocycles. The van der Waals surface area contributed by atoms with E-state index in [1.807, 2.05) is 0 Å². The Balaban J connectivity index is 3.81. The summed E-state index contributed by atoms with van der Waals surface area (Å²) in [5.74, 6) is 24.0. The maximum Gasteiger partial charge on any atom is 0.222 e. The maximum absolute atomic E-state index is 11.9. The summed E-state index contributed by atoms with van der Waals surface area (Å²) < 4.78 is 0. The van der Waals surface area contributed by atoms with Crippen LogP contribution >= 0.6 is 0 Å². The first-order valence-corrected chi connectivity index (χ1v) is 10.1. The highest BCUT2D eigenvalue weighted by atomic mass is 16.3. The summed E-state index contributed by atoms with van der Waals surface area (Å²) >= 11 is 0. The predicted octanol–water partition coefficient (Wildman–Crippen LogP) is 2.73. The van der Waals surface area contributed by atoms with E-state index < -0.39 is 0 Å². The molecule has 4 heteroatoms. The zero-order chi connectivity index (χ0) is 20.7. The molecule has 28 heavy (non-hydrogen) atoms. The molecular formula is C24H33NO3. The normalized spacial score (nSPS) is 8.82. The summed E-state index contributed by atoms with van der Waals surface area (Å²) in [5, 5.41) is 17.8. The van der Waals surface area contributed by atoms with Gasteiger partial charge in [-0.2, -0.15) is 0 Å². The first kappa shape index (κ1) is 25.6. The van der Waals surface area contributed by atoms with Gasteiger partial charge in [0.1, 0.15) is 0 Å². The van der Waals surface area contributed by atoms with Crippen LogP contribution in [0.1, 0.15) is 71.1 Å². The van der Waals surface area contributed by atoms with Gasteiger partial charge in [-0.3, -0.25) is 4.79 Å². The van der Waals surface area contributed by atoms with Crippen LogP contribution in [0, 0.1) is 47.4 Å². The summed E-state index contributed by atoms with van der Waals surface area (Å²) in [4.78, 5) is 13.4. The Hall–Kier alpha value is -2.37. The van der Waals surface area contributed by atoms with Gasteiger partial charge >= 0.3 is 0 Å². The minimum absolute atomic E-state index is 0.0612. The van der Waals surface area contributed by atoms with Gasteiger partial charge in [-0.15, -0.1) is 11.8 Å². The maximum atomic E-state index is 11.9. The molecule has 0 aliphatic rings. The molecule has 1 amide bonds. The highest BCUT2D eigenvalue weighted by Crippen LogP contribution is 2.00. The Bertz CT molecular complexity index is 647. The quantitative estimate of drug-likeness (QED) is 0.450. The fourth-order valence-electron chi connectivity index (χ4n) is 2.24. The number of hydrogen-bond donors (Lipinski definition) is 2. The van der Waals surface area contributed by atoms with Crippen LogP contribution in [-0.4, -0.2) is 47.3 Å². The van der Waals surface area contributed by atoms with Crippen molar-refractivity contribution in [1.82, 2.24) is 4.90 Å². The molecule has 0 radical (unpaired) electrons. The van der Waals surface area contributed by atoms with Crippen molar-refractivity contribution in [2.24, 2.45) is 0 Å². The van der Waals surface area contributed by atoms with Gasteiger partial charge in [0, 0.05) is 32.4 Å². The number of aliphatic hydroxyl groups is 2. The fourth-order valence-corrected chi connectivity index (χ4v) is 2.24. The van der Waals surface area contributed by atoms with Gasteiger partial charge < -0.3 is 15.1 Å². The molecule has 0 spiro atoms. The molecule has 0 saturated heterocycles. The summed E-state index contributed by atoms with van der Waals surface area (Å²) in [5.41, 5.74) is 0. The number of aliphatic hydroxyl groups excluding tert-OH is 2. The van der Waals surface area contributed by atoms with E-state index in [1.165, 1.54) is 24.2 Å². The smallest absolute Gasteiger partial charge is 0.222 e. The average Bonchev–Trinajstić information content (AvgIpc) is 2.70. The van der Waals surface area contributed by atoms with E-state index in [0.29, 0.717) is 38.5 Å². The molecule has 0 aromatic heterocycles. The lowest BCUT2D eigenvalue weighted by molar-refractivity contribution is -0.132. The van der Waals surface area contributed by atoms with E-state index in [1.54, 1.807) is 0 Å². The van der Waals surface area contributed by atoms with Crippen LogP contribution in [-0.2, 0) is 4.79 Å². The highest BCUT2D eigenvalue weighted by molar-refractivity contribution is 5.76. The van der Waals surface area contributed by atoms with Crippen LogP contribution in [0.2, 0.25) is 0 Å². The lowest BCUT2D eigenvalue weighted by Gasteiger charge is -2.20. The van der Waals surface area contributed by atoms with E-state index in [2.05, 4.69) is 54.3 Å². The summed E-state index contributed by atoms with van der Waals surface area (Å²) in [6.07, 6.45) is 7.93. The van der Waals surface area contributed by atoms with Gasteiger partial charge in [-0.05, 0) is 12.8 Å². The van der Waals surface area contributed by atoms with Crippen LogP contribution in [0.25, 0.3) is 0 Å². The third-order valence-electron chi connectivity index (χ3n) is 3.72. The Morgan fingerprint density at radius 3 is 1.64 bits per heavy atom. The SMILES string of the molecule is CCCCCC#CCC#CCC#CCC#CCCCC(=O)N(CCO)CCO. The lowest BCUT2D eigenvalue weighted by Crippen LogP contribution is -2.35. The minimum Gasteiger partial charge on any atom is -0.395 e. The topological polar surface area (TPSA) is 60.8 Å². The van der Waals surface area contributed by atoms with Crippen molar-refractivity contribution >= 4 is 5.91 Å². The van der Waals surface area contributed by atoms with Gasteiger partial charge in [0.2, 0.25) is 5.91 Å². The number of nitrogens with zero attached hydrogens (tertiary/aromatic N) is 1. The van der Waals surface area contributed by atoms with Gasteiger partial charge in [-0.1, -0.05) is 55.3 Å². The number of hydrogen-bond acceptors (Lipinski definition) is 3. The summed E-state index contributed by atoms with van der Waals surface area (Å²) in [6.45, 7) is 2.51. The zero-order valence-electron chi connectivity index (χ0n) is 17.1. The van der Waals surface area contributed by atoms with Crippen molar-refractivity contribution < 1.29 is 15.0 Å². The second kappa shape index (κ2) is 20.9. The van der Waals surface area contributed by atoms with Crippen LogP contribution in [0.5, 0.6) is 0 Å². The molecule has 0 rings (SSSR count). The summed E-state index contributed by atoms with van der Waals surface area (Å²) in [6, 6.07) is 0. The Morgan fingerprint density at radius 1 is 0.714 bits per heavy atom. The van der Waals surface area contributed by atoms with Crippen LogP contribution in [0.15, 0.2) is 0 Å². The van der Waals surface area contributed by atoms with Gasteiger partial charge in [0.05, 0.1) is 32.5 Å². The lowest BCUT2D eigenvalue weighted by atomic mass is 10.2. The van der Waals surface area contributed by atoms with E-state index in [-0.39, 0.29) is 32.2 Å². The standard InChI is InChI=1S/C24H33NO3/c1-2-3-4-5-6-7-8-9-10-11-12-13-14-15-16-17-18-19-24(28)25(20-22-26)21-23-27/h26-27H,2-5,8,11,14,17-23H2,1H3. The molecule has 0 heterocycles. The molecule has 0 bridgehead atoms. The molecule has 0 saturated carbocycles. The van der Waals surface area contributed by atoms with E-state index in [9.17, 15) is 4.79 Å². The van der Waals surface area contributed by atoms with Gasteiger partial charge in [0.25, 0.3) is 0 Å². The van der Waals surface area contributed by atoms with E-state index in [4.69, 9.17) is 10.2 Å². The highest BCUT2D eigenvalue weighted by Gasteiger charge is 2.11. The van der Waals surface area contributed by atoms with Gasteiger partial charge in [0.15, 0.2) is 0 Å². The Kier molecular flexibility index (Phi) is 19.2. The predicted molar refractivity (Wildman–Crippen MR) is 114 cm³/mol. The molecule has 152 valence electrons. The number of unbranched alkanes of at least 4 members (excludes halogenated alkanes) is 4. The number of rotatable bonds is 10. The van der Waals surface area contributed by atoms with Gasteiger partial charge in [-0.25, -0.2) is 0 Å². The molecule has 2 N–H and O–H groups in total. The first-order valence-electron chi connectivity index (χ1n) is 10.1. The third-order valence-corrected chi connectivity index (χ3v) is 3.72. The van der Waals surface area contributed by atoms with Crippen molar-refractivity contribution in [2.45, 2.75) is 71.1 Å². The van der Waals surface area contributed by atoms with Crippen LogP contribution < -0.4 is 0 Å². The number of carbonyl (C=O) groups excluding carboxylic acids is 1. The molecule has 0 atom stereocenters. The first-order chi connectivity index (χ1) is 13.8. The van der Waals surface area contributed by atoms with E-state index >= 15 is 0 Å². The molecule has 0 unspecified atom stereocenters. The van der Waals surface area contributed by atoms with Crippen molar-refractivity contribution in [3.63, 3.8) is 0 Å². The monoisotopic (exact) mass is 383 g/mol. The van der Waals surface area contributed by atoms with Crippen LogP contribution in [0.3, 0.4) is 0 Å². The Morgan fingerprint density at radius 2 is 1.18 bits per heavy atom. The molecular weight excluding hydrogens is 350 g/mol. The molecule has 0 aromatic rings. The Labute approximate surface area is 171 Å². The number of amides is 1. The molecule has 4 nitrogen and oxygen atoms in total. The fraction of sp³-hybridized carbons (Fsp3) is 0.625. The minimum atomic E-state index is -0.0962. The average molecular weight is 384 g/mol. The second-order valence-electron chi connectivity index (χ2n) is 6.08. The van der Waals surface area contributed by atoms with E-state index in [0.717, 1.165) is 6.42 Å². The largest absolute Gasteiger partial charge is 0.395 e. The molecule has 0 aromatic carbocycles. The van der Waals surface area contributed by atoms with Crippen molar-refractivity contribution in [3.05, 3.63) is 0 Å².